The minimum atomic E-state index is -0.385. The number of carbonyl (C=O) groups is 2. The first-order valence-corrected chi connectivity index (χ1v) is 14.9. The summed E-state index contributed by atoms with van der Waals surface area (Å²) < 4.78 is 13.4. The van der Waals surface area contributed by atoms with Crippen LogP contribution in [-0.4, -0.2) is 87.5 Å². The van der Waals surface area contributed by atoms with Gasteiger partial charge in [0.25, 0.3) is 0 Å². The first kappa shape index (κ1) is 29.0. The van der Waals surface area contributed by atoms with E-state index in [1.54, 1.807) is 0 Å². The van der Waals surface area contributed by atoms with Gasteiger partial charge in [-0.3, -0.25) is 0 Å². The first-order valence-electron chi connectivity index (χ1n) is 14.1. The molecule has 0 aliphatic rings. The first-order chi connectivity index (χ1) is 18.7. The van der Waals surface area contributed by atoms with E-state index in [0.717, 1.165) is 80.6 Å². The van der Waals surface area contributed by atoms with Crippen molar-refractivity contribution in [1.29, 1.82) is 0 Å². The Hall–Kier alpha value is -3.00. The molecule has 1 aromatic heterocycles. The van der Waals surface area contributed by atoms with Gasteiger partial charge in [-0.2, -0.15) is 0 Å². The number of esters is 2. The Balaban J connectivity index is 1.79. The van der Waals surface area contributed by atoms with Crippen LogP contribution >= 0.6 is 11.3 Å². The molecule has 7 heteroatoms. The average molecular weight is 551 g/mol. The zero-order valence-corrected chi connectivity index (χ0v) is 25.0. The Labute approximate surface area is 235 Å². The third kappa shape index (κ3) is 5.81. The van der Waals surface area contributed by atoms with Crippen LogP contribution in [0.4, 0.5) is 0 Å². The minimum absolute atomic E-state index is 0.326. The summed E-state index contributed by atoms with van der Waals surface area (Å²) >= 11 is 1.20. The lowest BCUT2D eigenvalue weighted by atomic mass is 9.94. The molecule has 0 atom stereocenters. The lowest BCUT2D eigenvalue weighted by molar-refractivity contribution is -0.906. The van der Waals surface area contributed by atoms with E-state index in [1.165, 1.54) is 11.3 Å². The molecule has 1 heterocycles. The maximum atomic E-state index is 13.6. The Kier molecular flexibility index (Phi) is 8.94. The number of rotatable bonds is 12. The quantitative estimate of drug-likeness (QED) is 0.115. The topological polar surface area (TPSA) is 52.6 Å². The number of likely N-dealkylation sites (N-methyl/N-ethyl adjacent to an activating group) is 2. The van der Waals surface area contributed by atoms with Crippen LogP contribution < -0.4 is 0 Å². The standard InChI is InChI=1S/C32H42N2O4S/c1-7-33(5,8-2)19-21-37-31(35)29-27-25-17-13-11-15-23(25)24-16-12-14-18-26(24)28(27)30(39-29)32(36)38-22-20-34(6,9-3)10-4/h11-18H,7-10,19-22H2,1-6H3/q+2. The maximum absolute atomic E-state index is 13.6. The molecule has 0 aliphatic heterocycles. The average Bonchev–Trinajstić information content (AvgIpc) is 3.38. The second-order valence-corrected chi connectivity index (χ2v) is 11.8. The van der Waals surface area contributed by atoms with Crippen LogP contribution in [0.15, 0.2) is 48.5 Å². The van der Waals surface area contributed by atoms with Gasteiger partial charge in [-0.25, -0.2) is 9.59 Å². The molecule has 0 aliphatic carbocycles. The van der Waals surface area contributed by atoms with Crippen LogP contribution in [0.5, 0.6) is 0 Å². The van der Waals surface area contributed by atoms with Crippen LogP contribution in [0, 0.1) is 0 Å². The number of fused-ring (bicyclic) bond motifs is 6. The second-order valence-electron chi connectivity index (χ2n) is 10.8. The molecule has 4 rings (SSSR count). The normalized spacial score (nSPS) is 12.4. The molecule has 208 valence electrons. The summed E-state index contributed by atoms with van der Waals surface area (Å²) in [4.78, 5) is 28.1. The summed E-state index contributed by atoms with van der Waals surface area (Å²) in [6.07, 6.45) is 0. The van der Waals surface area contributed by atoms with Crippen molar-refractivity contribution < 1.29 is 28.0 Å². The molecule has 0 radical (unpaired) electrons. The largest absolute Gasteiger partial charge is 0.455 e. The van der Waals surface area contributed by atoms with Crippen molar-refractivity contribution in [3.63, 3.8) is 0 Å². The van der Waals surface area contributed by atoms with E-state index < -0.39 is 0 Å². The lowest BCUT2D eigenvalue weighted by Crippen LogP contribution is -2.46. The van der Waals surface area contributed by atoms with E-state index in [1.807, 2.05) is 36.4 Å². The van der Waals surface area contributed by atoms with Gasteiger partial charge in [0.2, 0.25) is 0 Å². The van der Waals surface area contributed by atoms with Crippen molar-refractivity contribution in [1.82, 2.24) is 0 Å². The molecular weight excluding hydrogens is 508 g/mol. The zero-order chi connectivity index (χ0) is 28.2. The van der Waals surface area contributed by atoms with Gasteiger partial charge in [0.05, 0.1) is 40.3 Å². The minimum Gasteiger partial charge on any atom is -0.455 e. The number of thiophene rings is 1. The number of quaternary nitrogens is 2. The van der Waals surface area contributed by atoms with Crippen molar-refractivity contribution in [3.05, 3.63) is 58.3 Å². The lowest BCUT2D eigenvalue weighted by Gasteiger charge is -2.31. The number of hydrogen-bond donors (Lipinski definition) is 0. The second kappa shape index (κ2) is 12.0. The van der Waals surface area contributed by atoms with Gasteiger partial charge in [0.15, 0.2) is 0 Å². The molecule has 6 nitrogen and oxygen atoms in total. The third-order valence-corrected chi connectivity index (χ3v) is 9.89. The van der Waals surface area contributed by atoms with Crippen molar-refractivity contribution in [3.8, 4) is 0 Å². The smallest absolute Gasteiger partial charge is 0.349 e. The summed E-state index contributed by atoms with van der Waals surface area (Å²) in [5.41, 5.74) is 0. The molecular formula is C32H42N2O4S+2. The monoisotopic (exact) mass is 550 g/mol. The Morgan fingerprint density at radius 2 is 0.949 bits per heavy atom. The molecule has 39 heavy (non-hydrogen) atoms. The number of hydrogen-bond acceptors (Lipinski definition) is 5. The number of nitrogens with zero attached hydrogens (tertiary/aromatic N) is 2. The molecule has 0 spiro atoms. The van der Waals surface area contributed by atoms with Crippen LogP contribution in [0.25, 0.3) is 32.3 Å². The van der Waals surface area contributed by atoms with Crippen LogP contribution in [0.1, 0.15) is 47.0 Å². The van der Waals surface area contributed by atoms with Gasteiger partial charge in [-0.15, -0.1) is 11.3 Å². The maximum Gasteiger partial charge on any atom is 0.349 e. The van der Waals surface area contributed by atoms with E-state index in [-0.39, 0.29) is 11.9 Å². The zero-order valence-electron chi connectivity index (χ0n) is 24.2. The highest BCUT2D eigenvalue weighted by Crippen LogP contribution is 2.43. The van der Waals surface area contributed by atoms with Crippen molar-refractivity contribution in [2.45, 2.75) is 27.7 Å². The highest BCUT2D eigenvalue weighted by molar-refractivity contribution is 7.18. The third-order valence-electron chi connectivity index (χ3n) is 8.74. The van der Waals surface area contributed by atoms with Gasteiger partial charge in [0, 0.05) is 10.8 Å². The summed E-state index contributed by atoms with van der Waals surface area (Å²) in [7, 11) is 4.34. The fourth-order valence-corrected chi connectivity index (χ4v) is 6.15. The number of benzene rings is 3. The highest BCUT2D eigenvalue weighted by atomic mass is 32.1. The van der Waals surface area contributed by atoms with E-state index in [9.17, 15) is 9.59 Å². The van der Waals surface area contributed by atoms with E-state index in [0.29, 0.717) is 23.0 Å². The molecule has 3 aromatic carbocycles. The number of carbonyl (C=O) groups excluding carboxylic acids is 2. The Bertz CT molecular complexity index is 1370. The fraction of sp³-hybridized carbons (Fsp3) is 0.438. The van der Waals surface area contributed by atoms with Crippen LogP contribution in [0.3, 0.4) is 0 Å². The summed E-state index contributed by atoms with van der Waals surface area (Å²) in [5, 5.41) is 5.53. The van der Waals surface area contributed by atoms with Crippen molar-refractivity contribution in [2.24, 2.45) is 0 Å². The van der Waals surface area contributed by atoms with E-state index in [2.05, 4.69) is 53.9 Å². The summed E-state index contributed by atoms with van der Waals surface area (Å²) in [5.74, 6) is -0.770. The van der Waals surface area contributed by atoms with Crippen LogP contribution in [0.2, 0.25) is 0 Å². The van der Waals surface area contributed by atoms with Gasteiger partial charge < -0.3 is 18.4 Å². The van der Waals surface area contributed by atoms with Crippen molar-refractivity contribution in [2.75, 3.05) is 66.6 Å². The van der Waals surface area contributed by atoms with Gasteiger partial charge >= 0.3 is 11.9 Å². The highest BCUT2D eigenvalue weighted by Gasteiger charge is 2.28. The predicted octanol–water partition coefficient (Wildman–Crippen LogP) is 6.49. The molecule has 0 amide bonds. The molecule has 4 aromatic rings. The Morgan fingerprint density at radius 3 is 1.28 bits per heavy atom. The fourth-order valence-electron chi connectivity index (χ4n) is 5.03. The molecule has 0 saturated heterocycles. The summed E-state index contributed by atoms with van der Waals surface area (Å²) in [6.45, 7) is 14.6. The predicted molar refractivity (Wildman–Crippen MR) is 162 cm³/mol. The number of ether oxygens (including phenoxy) is 2. The van der Waals surface area contributed by atoms with Gasteiger partial charge in [-0.05, 0) is 49.2 Å². The van der Waals surface area contributed by atoms with Crippen molar-refractivity contribution >= 4 is 55.6 Å². The van der Waals surface area contributed by atoms with Gasteiger partial charge in [-0.1, -0.05) is 48.5 Å². The SMILES string of the molecule is CC[N+](C)(CC)CCOC(=O)c1sc(C(=O)OCC[N+](C)(CC)CC)c2c3ccccc3c3ccccc3c12. The summed E-state index contributed by atoms with van der Waals surface area (Å²) in [6, 6.07) is 16.1. The molecule has 0 fully saturated rings. The molecule has 0 bridgehead atoms. The van der Waals surface area contributed by atoms with Crippen LogP contribution in [-0.2, 0) is 9.47 Å². The van der Waals surface area contributed by atoms with Gasteiger partial charge in [0.1, 0.15) is 36.1 Å². The van der Waals surface area contributed by atoms with E-state index in [4.69, 9.17) is 9.47 Å². The Morgan fingerprint density at radius 1 is 0.615 bits per heavy atom. The molecule has 0 unspecified atom stereocenters. The molecule has 0 saturated carbocycles. The molecule has 0 N–H and O–H groups in total. The van der Waals surface area contributed by atoms with E-state index >= 15 is 0 Å².